The van der Waals surface area contributed by atoms with Crippen molar-refractivity contribution in [2.45, 2.75) is 4.90 Å². The zero-order chi connectivity index (χ0) is 10.3. The summed E-state index contributed by atoms with van der Waals surface area (Å²) in [7, 11) is -4.24. The highest BCUT2D eigenvalue weighted by atomic mass is 32.2. The molecule has 0 fully saturated rings. The summed E-state index contributed by atoms with van der Waals surface area (Å²) < 4.78 is 30.2. The van der Waals surface area contributed by atoms with Gasteiger partial charge in [0.1, 0.15) is 11.0 Å². The van der Waals surface area contributed by atoms with E-state index in [0.29, 0.717) is 4.85 Å². The second kappa shape index (κ2) is 2.66. The minimum atomic E-state index is -4.24. The lowest BCUT2D eigenvalue weighted by Crippen LogP contribution is -1.97. The lowest BCUT2D eigenvalue weighted by Gasteiger charge is -1.95. The predicted octanol–water partition coefficient (Wildman–Crippen LogP) is -0.0847. The summed E-state index contributed by atoms with van der Waals surface area (Å²) in [5, 5.41) is 15.8. The summed E-state index contributed by atoms with van der Waals surface area (Å²) in [6.07, 6.45) is 0. The van der Waals surface area contributed by atoms with E-state index in [0.717, 1.165) is 12.1 Å². The molecule has 0 aliphatic carbocycles. The van der Waals surface area contributed by atoms with Gasteiger partial charge >= 0.3 is 0 Å². The van der Waals surface area contributed by atoms with Gasteiger partial charge in [0.05, 0.1) is 4.90 Å². The standard InChI is InChI=1S/C6H5N3O4S/c10-9-6-2-1-4(14(11,12)13)3-5(6)7-8-9/h1-3,10H,(H,11,12,13). The molecule has 8 heteroatoms. The molecule has 0 bridgehead atoms. The molecule has 0 unspecified atom stereocenters. The van der Waals surface area contributed by atoms with Crippen LogP contribution >= 0.6 is 0 Å². The van der Waals surface area contributed by atoms with Crippen LogP contribution in [0.1, 0.15) is 0 Å². The first-order chi connectivity index (χ1) is 6.48. The lowest BCUT2D eigenvalue weighted by molar-refractivity contribution is 0.154. The Morgan fingerprint density at radius 1 is 1.36 bits per heavy atom. The monoisotopic (exact) mass is 215 g/mol. The third-order valence-corrected chi connectivity index (χ3v) is 2.55. The van der Waals surface area contributed by atoms with Crippen LogP contribution in [0.15, 0.2) is 23.1 Å². The van der Waals surface area contributed by atoms with E-state index in [1.165, 1.54) is 6.07 Å². The van der Waals surface area contributed by atoms with E-state index in [4.69, 9.17) is 9.76 Å². The van der Waals surface area contributed by atoms with E-state index in [-0.39, 0.29) is 15.9 Å². The van der Waals surface area contributed by atoms with Crippen molar-refractivity contribution < 1.29 is 18.2 Å². The predicted molar refractivity (Wildman–Crippen MR) is 44.5 cm³/mol. The second-order valence-corrected chi connectivity index (χ2v) is 4.03. The first-order valence-corrected chi connectivity index (χ1v) is 4.95. The molecule has 2 N–H and O–H groups in total. The smallest absolute Gasteiger partial charge is 0.294 e. The molecule has 0 spiro atoms. The summed E-state index contributed by atoms with van der Waals surface area (Å²) in [6, 6.07) is 3.55. The van der Waals surface area contributed by atoms with E-state index < -0.39 is 10.1 Å². The molecule has 0 aliphatic rings. The Morgan fingerprint density at radius 3 is 2.71 bits per heavy atom. The molecule has 0 saturated heterocycles. The molecule has 7 nitrogen and oxygen atoms in total. The Morgan fingerprint density at radius 2 is 2.07 bits per heavy atom. The van der Waals surface area contributed by atoms with Gasteiger partial charge in [0, 0.05) is 0 Å². The summed E-state index contributed by atoms with van der Waals surface area (Å²) in [4.78, 5) is 0.230. The van der Waals surface area contributed by atoms with Gasteiger partial charge in [0.15, 0.2) is 0 Å². The topological polar surface area (TPSA) is 105 Å². The molecule has 2 aromatic rings. The Kier molecular flexibility index (Phi) is 1.69. The molecule has 2 rings (SSSR count). The van der Waals surface area contributed by atoms with Crippen LogP contribution in [0, 0.1) is 0 Å². The molecule has 0 aliphatic heterocycles. The first kappa shape index (κ1) is 8.91. The quantitative estimate of drug-likeness (QED) is 0.509. The minimum absolute atomic E-state index is 0.183. The van der Waals surface area contributed by atoms with Crippen molar-refractivity contribution >= 4 is 21.2 Å². The maximum absolute atomic E-state index is 10.7. The van der Waals surface area contributed by atoms with Gasteiger partial charge in [-0.3, -0.25) is 4.55 Å². The maximum Gasteiger partial charge on any atom is 0.294 e. The van der Waals surface area contributed by atoms with Crippen LogP contribution in [-0.4, -0.2) is 33.3 Å². The zero-order valence-electron chi connectivity index (χ0n) is 6.69. The highest BCUT2D eigenvalue weighted by molar-refractivity contribution is 7.85. The second-order valence-electron chi connectivity index (χ2n) is 2.60. The molecule has 1 aromatic heterocycles. The average molecular weight is 215 g/mol. The number of aromatic nitrogens is 3. The fourth-order valence-electron chi connectivity index (χ4n) is 1.05. The number of rotatable bonds is 1. The minimum Gasteiger partial charge on any atom is -0.410 e. The van der Waals surface area contributed by atoms with E-state index in [1.807, 2.05) is 0 Å². The van der Waals surface area contributed by atoms with E-state index in [1.54, 1.807) is 0 Å². The van der Waals surface area contributed by atoms with Crippen LogP contribution in [0.5, 0.6) is 0 Å². The molecule has 1 heterocycles. The van der Waals surface area contributed by atoms with Crippen molar-refractivity contribution in [1.29, 1.82) is 0 Å². The van der Waals surface area contributed by atoms with Crippen molar-refractivity contribution in [3.63, 3.8) is 0 Å². The molecule has 0 saturated carbocycles. The highest BCUT2D eigenvalue weighted by Gasteiger charge is 2.12. The van der Waals surface area contributed by atoms with Gasteiger partial charge < -0.3 is 5.21 Å². The molecule has 0 amide bonds. The summed E-state index contributed by atoms with van der Waals surface area (Å²) in [6.45, 7) is 0. The SMILES string of the molecule is O=S(=O)(O)c1ccc2c(c1)nnn2O. The Labute approximate surface area is 78.3 Å². The number of benzene rings is 1. The van der Waals surface area contributed by atoms with Gasteiger partial charge in [-0.2, -0.15) is 8.42 Å². The number of hydrogen-bond acceptors (Lipinski definition) is 5. The van der Waals surface area contributed by atoms with Gasteiger partial charge in [-0.15, -0.1) is 5.10 Å². The summed E-state index contributed by atoms with van der Waals surface area (Å²) in [5.74, 6) is 0. The van der Waals surface area contributed by atoms with Crippen LogP contribution in [0.4, 0.5) is 0 Å². The summed E-state index contributed by atoms with van der Waals surface area (Å²) >= 11 is 0. The Balaban J connectivity index is 2.76. The fraction of sp³-hybridized carbons (Fsp3) is 0. The van der Waals surface area contributed by atoms with Gasteiger partial charge in [0.25, 0.3) is 10.1 Å². The maximum atomic E-state index is 10.7. The van der Waals surface area contributed by atoms with Crippen LogP contribution < -0.4 is 0 Å². The molecule has 14 heavy (non-hydrogen) atoms. The summed E-state index contributed by atoms with van der Waals surface area (Å²) in [5.41, 5.74) is 0.444. The third-order valence-electron chi connectivity index (χ3n) is 1.70. The van der Waals surface area contributed by atoms with E-state index >= 15 is 0 Å². The third kappa shape index (κ3) is 1.30. The number of nitrogens with zero attached hydrogens (tertiary/aromatic N) is 3. The average Bonchev–Trinajstić information content (AvgIpc) is 2.46. The van der Waals surface area contributed by atoms with Crippen molar-refractivity contribution in [1.82, 2.24) is 15.2 Å². The first-order valence-electron chi connectivity index (χ1n) is 3.51. The van der Waals surface area contributed by atoms with Crippen LogP contribution in [-0.2, 0) is 10.1 Å². The zero-order valence-corrected chi connectivity index (χ0v) is 7.51. The lowest BCUT2D eigenvalue weighted by atomic mass is 10.3. The van der Waals surface area contributed by atoms with Crippen LogP contribution in [0.3, 0.4) is 0 Å². The fourth-order valence-corrected chi connectivity index (χ4v) is 1.55. The number of hydrogen-bond donors (Lipinski definition) is 2. The van der Waals surface area contributed by atoms with Gasteiger partial charge in [-0.25, -0.2) is 0 Å². The van der Waals surface area contributed by atoms with Gasteiger partial charge in [-0.05, 0) is 23.4 Å². The van der Waals surface area contributed by atoms with Crippen molar-refractivity contribution in [3.8, 4) is 0 Å². The van der Waals surface area contributed by atoms with Crippen LogP contribution in [0.25, 0.3) is 11.0 Å². The van der Waals surface area contributed by atoms with Gasteiger partial charge in [0.2, 0.25) is 0 Å². The molecule has 0 atom stereocenters. The molecular formula is C6H5N3O4S. The van der Waals surface area contributed by atoms with Gasteiger partial charge in [-0.1, -0.05) is 4.85 Å². The van der Waals surface area contributed by atoms with Crippen molar-refractivity contribution in [3.05, 3.63) is 18.2 Å². The molecule has 1 aromatic carbocycles. The molecule has 0 radical (unpaired) electrons. The molecule has 74 valence electrons. The van der Waals surface area contributed by atoms with Crippen LogP contribution in [0.2, 0.25) is 0 Å². The van der Waals surface area contributed by atoms with E-state index in [9.17, 15) is 8.42 Å². The Bertz CT molecular complexity index is 588. The van der Waals surface area contributed by atoms with Crippen molar-refractivity contribution in [2.24, 2.45) is 0 Å². The Hall–Kier alpha value is -1.67. The normalized spacial score (nSPS) is 12.1. The number of fused-ring (bicyclic) bond motifs is 1. The largest absolute Gasteiger partial charge is 0.410 e. The van der Waals surface area contributed by atoms with Crippen molar-refractivity contribution in [2.75, 3.05) is 0 Å². The molecular weight excluding hydrogens is 210 g/mol. The highest BCUT2D eigenvalue weighted by Crippen LogP contribution is 2.15. The van der Waals surface area contributed by atoms with E-state index in [2.05, 4.69) is 10.3 Å².